The normalized spacial score (nSPS) is 11.5. The number of amides is 1. The molecule has 3 rings (SSSR count). The summed E-state index contributed by atoms with van der Waals surface area (Å²) in [5.41, 5.74) is 2.63. The van der Waals surface area contributed by atoms with E-state index in [0.717, 1.165) is 12.0 Å². The first-order valence-corrected chi connectivity index (χ1v) is 10.8. The maximum Gasteiger partial charge on any atom is 0.248 e. The van der Waals surface area contributed by atoms with Crippen LogP contribution in [0.2, 0.25) is 0 Å². The summed E-state index contributed by atoms with van der Waals surface area (Å²) in [6, 6.07) is 15.4. The summed E-state index contributed by atoms with van der Waals surface area (Å²) in [6.07, 6.45) is 0.769. The second-order valence-corrected chi connectivity index (χ2v) is 8.57. The minimum atomic E-state index is -3.75. The van der Waals surface area contributed by atoms with E-state index in [1.54, 1.807) is 12.1 Å². The van der Waals surface area contributed by atoms with Crippen LogP contribution >= 0.6 is 0 Å². The van der Waals surface area contributed by atoms with E-state index in [1.807, 2.05) is 31.2 Å². The molecule has 0 aliphatic carbocycles. The summed E-state index contributed by atoms with van der Waals surface area (Å²) in [4.78, 5) is 26.0. The van der Waals surface area contributed by atoms with Gasteiger partial charge in [-0.15, -0.1) is 0 Å². The van der Waals surface area contributed by atoms with Gasteiger partial charge in [-0.05, 0) is 48.6 Å². The van der Waals surface area contributed by atoms with Crippen molar-refractivity contribution in [2.45, 2.75) is 24.7 Å². The molecule has 0 spiro atoms. The summed E-state index contributed by atoms with van der Waals surface area (Å²) in [5, 5.41) is 3.41. The zero-order chi connectivity index (χ0) is 20.9. The van der Waals surface area contributed by atoms with E-state index in [2.05, 4.69) is 15.0 Å². The van der Waals surface area contributed by atoms with Gasteiger partial charge in [0.15, 0.2) is 0 Å². The lowest BCUT2D eigenvalue weighted by Gasteiger charge is -2.09. The average Bonchev–Trinajstić information content (AvgIpc) is 2.69. The lowest BCUT2D eigenvalue weighted by atomic mass is 10.1. The molecule has 2 aromatic carbocycles. The van der Waals surface area contributed by atoms with Gasteiger partial charge in [-0.2, -0.15) is 0 Å². The van der Waals surface area contributed by atoms with Crippen molar-refractivity contribution in [2.75, 3.05) is 13.1 Å². The number of sulfonamides is 1. The molecule has 0 aliphatic rings. The van der Waals surface area contributed by atoms with E-state index < -0.39 is 10.0 Å². The molecule has 1 heterocycles. The number of benzene rings is 2. The molecule has 0 atom stereocenters. The van der Waals surface area contributed by atoms with Crippen molar-refractivity contribution in [3.63, 3.8) is 0 Å². The van der Waals surface area contributed by atoms with Gasteiger partial charge in [-0.1, -0.05) is 29.8 Å². The van der Waals surface area contributed by atoms with E-state index >= 15 is 0 Å². The zero-order valence-corrected chi connectivity index (χ0v) is 16.9. The molecule has 7 nitrogen and oxygen atoms in total. The van der Waals surface area contributed by atoms with Gasteiger partial charge in [-0.3, -0.25) is 9.59 Å². The van der Waals surface area contributed by atoms with Crippen molar-refractivity contribution in [1.82, 2.24) is 15.0 Å². The second-order valence-electron chi connectivity index (χ2n) is 6.80. The minimum absolute atomic E-state index is 0.00234. The third-order valence-electron chi connectivity index (χ3n) is 4.51. The van der Waals surface area contributed by atoms with Gasteiger partial charge in [0, 0.05) is 31.1 Å². The summed E-state index contributed by atoms with van der Waals surface area (Å²) in [7, 11) is -3.75. The van der Waals surface area contributed by atoms with Crippen molar-refractivity contribution in [2.24, 2.45) is 0 Å². The lowest BCUT2D eigenvalue weighted by Crippen LogP contribution is -2.31. The van der Waals surface area contributed by atoms with Gasteiger partial charge in [-0.25, -0.2) is 13.1 Å². The molecular weight excluding hydrogens is 390 g/mol. The van der Waals surface area contributed by atoms with Crippen LogP contribution < -0.4 is 15.6 Å². The molecule has 8 heteroatoms. The van der Waals surface area contributed by atoms with Gasteiger partial charge < -0.3 is 10.3 Å². The number of nitrogens with one attached hydrogen (secondary N) is 3. The largest absolute Gasteiger partial charge is 0.356 e. The van der Waals surface area contributed by atoms with Gasteiger partial charge in [0.2, 0.25) is 21.5 Å². The van der Waals surface area contributed by atoms with Crippen LogP contribution in [0.5, 0.6) is 0 Å². The molecule has 152 valence electrons. The van der Waals surface area contributed by atoms with E-state index in [-0.39, 0.29) is 29.3 Å². The number of carbonyl (C=O) groups excluding carboxylic acids is 1. The molecule has 0 radical (unpaired) electrons. The van der Waals surface area contributed by atoms with Crippen LogP contribution in [0.1, 0.15) is 17.5 Å². The Labute approximate surface area is 169 Å². The van der Waals surface area contributed by atoms with Gasteiger partial charge in [0.25, 0.3) is 0 Å². The minimum Gasteiger partial charge on any atom is -0.356 e. The van der Waals surface area contributed by atoms with Crippen LogP contribution in [0.25, 0.3) is 10.9 Å². The smallest absolute Gasteiger partial charge is 0.248 e. The van der Waals surface area contributed by atoms with Crippen molar-refractivity contribution in [3.8, 4) is 0 Å². The molecule has 0 fully saturated rings. The highest BCUT2D eigenvalue weighted by Crippen LogP contribution is 2.16. The number of rotatable bonds is 8. The molecule has 0 saturated heterocycles. The van der Waals surface area contributed by atoms with Crippen molar-refractivity contribution >= 4 is 26.8 Å². The number of aryl methyl sites for hydroxylation is 1. The Hall–Kier alpha value is -2.97. The molecule has 1 aromatic heterocycles. The zero-order valence-electron chi connectivity index (χ0n) is 16.1. The highest BCUT2D eigenvalue weighted by atomic mass is 32.2. The van der Waals surface area contributed by atoms with Crippen LogP contribution in [0, 0.1) is 6.92 Å². The Morgan fingerprint density at radius 2 is 1.76 bits per heavy atom. The van der Waals surface area contributed by atoms with Crippen LogP contribution in [-0.4, -0.2) is 32.4 Å². The standard InChI is InChI=1S/C21H23N3O4S/c1-15-2-4-16(5-3-15)10-12-22-20(25)11-13-23-29(27,28)18-7-8-19-17(14-18)6-9-21(26)24-19/h2-9,14,23H,10-13H2,1H3,(H,22,25)(H,24,26). The van der Waals surface area contributed by atoms with Crippen LogP contribution in [0.3, 0.4) is 0 Å². The first-order chi connectivity index (χ1) is 13.8. The average molecular weight is 413 g/mol. The second kappa shape index (κ2) is 9.02. The van der Waals surface area contributed by atoms with E-state index in [4.69, 9.17) is 0 Å². The van der Waals surface area contributed by atoms with Gasteiger partial charge in [0.05, 0.1) is 4.90 Å². The third kappa shape index (κ3) is 5.75. The molecule has 3 N–H and O–H groups in total. The number of carbonyl (C=O) groups is 1. The Morgan fingerprint density at radius 3 is 2.52 bits per heavy atom. The van der Waals surface area contributed by atoms with E-state index in [1.165, 1.54) is 23.8 Å². The molecule has 0 aliphatic heterocycles. The highest BCUT2D eigenvalue weighted by Gasteiger charge is 2.15. The summed E-state index contributed by atoms with van der Waals surface area (Å²) < 4.78 is 27.3. The molecule has 3 aromatic rings. The molecule has 29 heavy (non-hydrogen) atoms. The number of hydrogen-bond donors (Lipinski definition) is 3. The number of aromatic nitrogens is 1. The summed E-state index contributed by atoms with van der Waals surface area (Å²) >= 11 is 0. The topological polar surface area (TPSA) is 108 Å². The predicted octanol–water partition coefficient (Wildman–Crippen LogP) is 1.86. The lowest BCUT2D eigenvalue weighted by molar-refractivity contribution is -0.120. The van der Waals surface area contributed by atoms with E-state index in [9.17, 15) is 18.0 Å². The Morgan fingerprint density at radius 1 is 1.00 bits per heavy atom. The number of H-pyrrole nitrogens is 1. The van der Waals surface area contributed by atoms with Crippen molar-refractivity contribution in [1.29, 1.82) is 0 Å². The van der Waals surface area contributed by atoms with Crippen LogP contribution in [0.15, 0.2) is 64.3 Å². The fourth-order valence-electron chi connectivity index (χ4n) is 2.87. The maximum atomic E-state index is 12.4. The molecule has 1 amide bonds. The maximum absolute atomic E-state index is 12.4. The Kier molecular flexibility index (Phi) is 6.46. The summed E-state index contributed by atoms with van der Waals surface area (Å²) in [5.74, 6) is -0.212. The first-order valence-electron chi connectivity index (χ1n) is 9.28. The number of fused-ring (bicyclic) bond motifs is 1. The molecule has 0 unspecified atom stereocenters. The number of pyridine rings is 1. The van der Waals surface area contributed by atoms with Gasteiger partial charge >= 0.3 is 0 Å². The quantitative estimate of drug-likeness (QED) is 0.524. The Bertz CT molecular complexity index is 1170. The van der Waals surface area contributed by atoms with Crippen molar-refractivity contribution < 1.29 is 13.2 Å². The number of aromatic amines is 1. The molecular formula is C21H23N3O4S. The highest BCUT2D eigenvalue weighted by molar-refractivity contribution is 7.89. The Balaban J connectivity index is 1.48. The molecule has 0 bridgehead atoms. The SMILES string of the molecule is Cc1ccc(CCNC(=O)CCNS(=O)(=O)c2ccc3[nH]c(=O)ccc3c2)cc1. The predicted molar refractivity (Wildman–Crippen MR) is 112 cm³/mol. The van der Waals surface area contributed by atoms with Gasteiger partial charge in [0.1, 0.15) is 0 Å². The fourth-order valence-corrected chi connectivity index (χ4v) is 3.94. The monoisotopic (exact) mass is 413 g/mol. The fraction of sp³-hybridized carbons (Fsp3) is 0.238. The first kappa shape index (κ1) is 20.8. The third-order valence-corrected chi connectivity index (χ3v) is 5.96. The van der Waals surface area contributed by atoms with Crippen LogP contribution in [0.4, 0.5) is 0 Å². The van der Waals surface area contributed by atoms with E-state index in [0.29, 0.717) is 17.4 Å². The molecule has 0 saturated carbocycles. The van der Waals surface area contributed by atoms with Crippen LogP contribution in [-0.2, 0) is 21.2 Å². The van der Waals surface area contributed by atoms with Crippen molar-refractivity contribution in [3.05, 3.63) is 76.1 Å². The number of hydrogen-bond acceptors (Lipinski definition) is 4. The summed E-state index contributed by atoms with van der Waals surface area (Å²) in [6.45, 7) is 2.52.